The highest BCUT2D eigenvalue weighted by Gasteiger charge is 2.31. The highest BCUT2D eigenvalue weighted by Crippen LogP contribution is 2.24. The molecule has 1 heterocycles. The Morgan fingerprint density at radius 2 is 2.12 bits per heavy atom. The lowest BCUT2D eigenvalue weighted by molar-refractivity contribution is 0.108. The van der Waals surface area contributed by atoms with Gasteiger partial charge in [0.25, 0.3) is 0 Å². The summed E-state index contributed by atoms with van der Waals surface area (Å²) in [5.41, 5.74) is 0.813. The molecular formula is C11H12F2N2O. The van der Waals surface area contributed by atoms with Crippen LogP contribution in [0.25, 0.3) is 0 Å². The van der Waals surface area contributed by atoms with Crippen LogP contribution >= 0.6 is 0 Å². The van der Waals surface area contributed by atoms with E-state index in [1.54, 1.807) is 24.3 Å². The van der Waals surface area contributed by atoms with Crippen LogP contribution in [0.2, 0.25) is 0 Å². The van der Waals surface area contributed by atoms with Crippen molar-refractivity contribution < 1.29 is 13.6 Å². The van der Waals surface area contributed by atoms with Crippen molar-refractivity contribution in [3.8, 4) is 0 Å². The van der Waals surface area contributed by atoms with Crippen molar-refractivity contribution in [3.63, 3.8) is 0 Å². The Morgan fingerprint density at radius 1 is 1.38 bits per heavy atom. The van der Waals surface area contributed by atoms with Gasteiger partial charge in [0.05, 0.1) is 0 Å². The summed E-state index contributed by atoms with van der Waals surface area (Å²) in [6.45, 7) is 0.696. The van der Waals surface area contributed by atoms with Gasteiger partial charge in [-0.1, -0.05) is 12.1 Å². The Kier molecular flexibility index (Phi) is 3.14. The molecule has 2 rings (SSSR count). The van der Waals surface area contributed by atoms with Crippen LogP contribution in [0, 0.1) is 0 Å². The summed E-state index contributed by atoms with van der Waals surface area (Å²) in [5.74, 6) is 0. The molecule has 1 aromatic carbocycles. The summed E-state index contributed by atoms with van der Waals surface area (Å²) >= 11 is 0. The number of nitrogens with one attached hydrogen (secondary N) is 1. The van der Waals surface area contributed by atoms with Crippen LogP contribution in [0.4, 0.5) is 14.5 Å². The summed E-state index contributed by atoms with van der Waals surface area (Å²) in [7, 11) is 0. The third-order valence-electron chi connectivity index (χ3n) is 2.60. The first kappa shape index (κ1) is 11.0. The number of carbonyl (C=O) groups excluding carboxylic acids is 1. The minimum atomic E-state index is -1.75. The second-order valence-corrected chi connectivity index (χ2v) is 3.60. The zero-order valence-corrected chi connectivity index (χ0v) is 8.57. The number of anilines is 1. The average molecular weight is 226 g/mol. The Hall–Kier alpha value is -1.49. The molecule has 1 aliphatic heterocycles. The zero-order valence-electron chi connectivity index (χ0n) is 8.57. The van der Waals surface area contributed by atoms with Crippen LogP contribution in [-0.4, -0.2) is 32.0 Å². The zero-order chi connectivity index (χ0) is 11.5. The number of benzene rings is 1. The molecule has 0 bridgehead atoms. The maximum absolute atomic E-state index is 13.6. The first-order chi connectivity index (χ1) is 7.74. The van der Waals surface area contributed by atoms with E-state index < -0.39 is 12.6 Å². The average Bonchev–Trinajstić information content (AvgIpc) is 2.33. The van der Waals surface area contributed by atoms with Crippen molar-refractivity contribution in [2.45, 2.75) is 12.6 Å². The monoisotopic (exact) mass is 226 g/mol. The van der Waals surface area contributed by atoms with Crippen LogP contribution in [0.1, 0.15) is 10.4 Å². The number of hydrogen-bond acceptors (Lipinski definition) is 3. The normalized spacial score (nSPS) is 25.5. The van der Waals surface area contributed by atoms with E-state index in [1.807, 2.05) is 0 Å². The van der Waals surface area contributed by atoms with Gasteiger partial charge in [-0.15, -0.1) is 0 Å². The highest BCUT2D eigenvalue weighted by atomic mass is 19.2. The molecule has 0 radical (unpaired) electrons. The van der Waals surface area contributed by atoms with E-state index in [0.717, 1.165) is 0 Å². The first-order valence-corrected chi connectivity index (χ1v) is 5.06. The summed E-state index contributed by atoms with van der Waals surface area (Å²) in [5, 5.41) is 2.40. The molecule has 16 heavy (non-hydrogen) atoms. The molecule has 0 aromatic heterocycles. The van der Waals surface area contributed by atoms with Crippen molar-refractivity contribution in [1.29, 1.82) is 0 Å². The molecule has 2 unspecified atom stereocenters. The van der Waals surface area contributed by atoms with Crippen LogP contribution in [0.5, 0.6) is 0 Å². The number of para-hydroxylation sites is 1. The fourth-order valence-electron chi connectivity index (χ4n) is 1.80. The van der Waals surface area contributed by atoms with Gasteiger partial charge in [0.1, 0.15) is 0 Å². The lowest BCUT2D eigenvalue weighted by Crippen LogP contribution is -2.54. The number of halogens is 2. The number of rotatable bonds is 2. The number of piperazine rings is 1. The van der Waals surface area contributed by atoms with E-state index in [2.05, 4.69) is 5.32 Å². The minimum absolute atomic E-state index is 0.340. The fraction of sp³-hybridized carbons (Fsp3) is 0.364. The smallest absolute Gasteiger partial charge is 0.217 e. The molecule has 1 N–H and O–H groups in total. The number of hydrogen-bond donors (Lipinski definition) is 1. The minimum Gasteiger partial charge on any atom is -0.337 e. The van der Waals surface area contributed by atoms with Crippen molar-refractivity contribution >= 4 is 12.0 Å². The van der Waals surface area contributed by atoms with Crippen molar-refractivity contribution in [1.82, 2.24) is 5.32 Å². The van der Waals surface area contributed by atoms with Crippen molar-refractivity contribution in [2.24, 2.45) is 0 Å². The molecule has 5 heteroatoms. The standard InChI is InChI=1S/C11H12F2N2O/c12-10-11(13)15(6-5-14-10)9-4-2-1-3-8(9)7-16/h1-4,7,10-11,14H,5-6H2. The van der Waals surface area contributed by atoms with E-state index in [0.29, 0.717) is 30.6 Å². The summed E-state index contributed by atoms with van der Waals surface area (Å²) in [4.78, 5) is 12.1. The maximum Gasteiger partial charge on any atom is 0.217 e. The van der Waals surface area contributed by atoms with E-state index in [1.165, 1.54) is 4.90 Å². The Morgan fingerprint density at radius 3 is 2.88 bits per heavy atom. The van der Waals surface area contributed by atoms with Crippen LogP contribution < -0.4 is 10.2 Å². The molecule has 0 amide bonds. The third kappa shape index (κ3) is 1.90. The van der Waals surface area contributed by atoms with E-state index in [4.69, 9.17) is 0 Å². The topological polar surface area (TPSA) is 32.3 Å². The molecule has 1 aliphatic rings. The van der Waals surface area contributed by atoms with E-state index in [9.17, 15) is 13.6 Å². The van der Waals surface area contributed by atoms with Crippen LogP contribution in [-0.2, 0) is 0 Å². The molecule has 0 saturated carbocycles. The number of carbonyl (C=O) groups is 1. The predicted octanol–water partition coefficient (Wildman–Crippen LogP) is 1.50. The molecule has 3 nitrogen and oxygen atoms in total. The number of aldehydes is 1. The van der Waals surface area contributed by atoms with Crippen molar-refractivity contribution in [3.05, 3.63) is 29.8 Å². The second kappa shape index (κ2) is 4.57. The quantitative estimate of drug-likeness (QED) is 0.612. The van der Waals surface area contributed by atoms with Gasteiger partial charge in [0.15, 0.2) is 6.29 Å². The summed E-state index contributed by atoms with van der Waals surface area (Å²) in [6.07, 6.45) is -2.82. The second-order valence-electron chi connectivity index (χ2n) is 3.60. The van der Waals surface area contributed by atoms with Gasteiger partial charge < -0.3 is 4.90 Å². The largest absolute Gasteiger partial charge is 0.337 e. The molecule has 0 spiro atoms. The first-order valence-electron chi connectivity index (χ1n) is 5.06. The van der Waals surface area contributed by atoms with Crippen LogP contribution in [0.15, 0.2) is 24.3 Å². The molecule has 1 saturated heterocycles. The van der Waals surface area contributed by atoms with E-state index >= 15 is 0 Å². The van der Waals surface area contributed by atoms with Gasteiger partial charge in [-0.2, -0.15) is 0 Å². The molecule has 1 aromatic rings. The lowest BCUT2D eigenvalue weighted by atomic mass is 10.1. The highest BCUT2D eigenvalue weighted by molar-refractivity contribution is 5.84. The Balaban J connectivity index is 2.31. The molecule has 86 valence electrons. The number of nitrogens with zero attached hydrogens (tertiary/aromatic N) is 1. The summed E-state index contributed by atoms with van der Waals surface area (Å²) < 4.78 is 26.7. The third-order valence-corrected chi connectivity index (χ3v) is 2.60. The lowest BCUT2D eigenvalue weighted by Gasteiger charge is -2.35. The van der Waals surface area contributed by atoms with Gasteiger partial charge in [0.2, 0.25) is 12.6 Å². The molecule has 1 fully saturated rings. The van der Waals surface area contributed by atoms with Crippen LogP contribution in [0.3, 0.4) is 0 Å². The Labute approximate surface area is 92.1 Å². The van der Waals surface area contributed by atoms with Gasteiger partial charge in [-0.3, -0.25) is 10.1 Å². The van der Waals surface area contributed by atoms with Crippen molar-refractivity contribution in [2.75, 3.05) is 18.0 Å². The maximum atomic E-state index is 13.6. The van der Waals surface area contributed by atoms with E-state index in [-0.39, 0.29) is 0 Å². The van der Waals surface area contributed by atoms with Gasteiger partial charge in [0, 0.05) is 24.3 Å². The van der Waals surface area contributed by atoms with Gasteiger partial charge in [-0.05, 0) is 12.1 Å². The van der Waals surface area contributed by atoms with Gasteiger partial charge >= 0.3 is 0 Å². The molecular weight excluding hydrogens is 214 g/mol. The predicted molar refractivity (Wildman–Crippen MR) is 57.0 cm³/mol. The Bertz CT molecular complexity index is 386. The number of alkyl halides is 2. The SMILES string of the molecule is O=Cc1ccccc1N1CCNC(F)C1F. The fourth-order valence-corrected chi connectivity index (χ4v) is 1.80. The molecule has 2 atom stereocenters. The summed E-state index contributed by atoms with van der Waals surface area (Å²) in [6, 6.07) is 6.60. The van der Waals surface area contributed by atoms with Gasteiger partial charge in [-0.25, -0.2) is 8.78 Å². The molecule has 0 aliphatic carbocycles.